The molecule has 0 bridgehead atoms. The van der Waals surface area contributed by atoms with E-state index in [-0.39, 0.29) is 0 Å². The van der Waals surface area contributed by atoms with Crippen LogP contribution in [0.3, 0.4) is 0 Å². The largest absolute Gasteiger partial charge is 0.481 e. The monoisotopic (exact) mass is 272 g/mol. The van der Waals surface area contributed by atoms with Crippen LogP contribution < -0.4 is 15.2 Å². The molecule has 0 radical (unpaired) electrons. The van der Waals surface area contributed by atoms with Gasteiger partial charge in [-0.25, -0.2) is 0 Å². The van der Waals surface area contributed by atoms with Gasteiger partial charge in [0.2, 0.25) is 11.8 Å². The van der Waals surface area contributed by atoms with E-state index in [0.29, 0.717) is 17.7 Å². The predicted molar refractivity (Wildman–Crippen MR) is 80.5 cm³/mol. The van der Waals surface area contributed by atoms with E-state index in [4.69, 9.17) is 15.2 Å². The van der Waals surface area contributed by atoms with Gasteiger partial charge < -0.3 is 15.2 Å². The summed E-state index contributed by atoms with van der Waals surface area (Å²) < 4.78 is 11.0. The average Bonchev–Trinajstić information content (AvgIpc) is 2.42. The summed E-state index contributed by atoms with van der Waals surface area (Å²) in [5, 5.41) is 0. The number of aryl methyl sites for hydroxylation is 1. The molecule has 2 rings (SSSR count). The molecule has 2 N–H and O–H groups in total. The zero-order valence-electron chi connectivity index (χ0n) is 12.3. The molecule has 0 aliphatic carbocycles. The van der Waals surface area contributed by atoms with Gasteiger partial charge in [0.1, 0.15) is 5.75 Å². The lowest BCUT2D eigenvalue weighted by Gasteiger charge is -2.15. The molecule has 0 unspecified atom stereocenters. The number of anilines is 1. The van der Waals surface area contributed by atoms with Crippen LogP contribution in [0.25, 0.3) is 0 Å². The first-order valence-electron chi connectivity index (χ1n) is 6.60. The zero-order chi connectivity index (χ0) is 14.7. The third-order valence-corrected chi connectivity index (χ3v) is 3.14. The summed E-state index contributed by atoms with van der Waals surface area (Å²) in [5.41, 5.74) is 8.81. The molecule has 106 valence electrons. The number of methoxy groups -OCH3 is 1. The highest BCUT2D eigenvalue weighted by Gasteiger charge is 2.12. The van der Waals surface area contributed by atoms with Crippen molar-refractivity contribution in [2.75, 3.05) is 12.8 Å². The summed E-state index contributed by atoms with van der Waals surface area (Å²) in [4.78, 5) is 4.26. The highest BCUT2D eigenvalue weighted by atomic mass is 16.5. The van der Waals surface area contributed by atoms with E-state index in [1.807, 2.05) is 25.1 Å². The molecule has 0 saturated heterocycles. The Morgan fingerprint density at radius 2 is 1.85 bits per heavy atom. The van der Waals surface area contributed by atoms with Crippen LogP contribution in [-0.4, -0.2) is 12.1 Å². The summed E-state index contributed by atoms with van der Waals surface area (Å²) in [6.07, 6.45) is 0. The van der Waals surface area contributed by atoms with Crippen molar-refractivity contribution in [1.29, 1.82) is 0 Å². The molecule has 4 nitrogen and oxygen atoms in total. The van der Waals surface area contributed by atoms with Crippen LogP contribution in [0.15, 0.2) is 30.3 Å². The lowest BCUT2D eigenvalue weighted by atomic mass is 9.99. The minimum absolute atomic E-state index is 0.318. The van der Waals surface area contributed by atoms with Crippen molar-refractivity contribution in [3.05, 3.63) is 41.5 Å². The van der Waals surface area contributed by atoms with Gasteiger partial charge in [0.05, 0.1) is 7.11 Å². The van der Waals surface area contributed by atoms with Gasteiger partial charge in [-0.1, -0.05) is 19.9 Å². The first-order valence-corrected chi connectivity index (χ1v) is 6.60. The fourth-order valence-electron chi connectivity index (χ4n) is 1.93. The van der Waals surface area contributed by atoms with Gasteiger partial charge in [-0.15, -0.1) is 0 Å². The Balaban J connectivity index is 2.39. The molecule has 1 aromatic heterocycles. The van der Waals surface area contributed by atoms with Gasteiger partial charge in [0.25, 0.3) is 0 Å². The maximum absolute atomic E-state index is 5.98. The van der Waals surface area contributed by atoms with Crippen LogP contribution in [0.4, 0.5) is 5.69 Å². The summed E-state index contributed by atoms with van der Waals surface area (Å²) in [7, 11) is 1.58. The fourth-order valence-corrected chi connectivity index (χ4v) is 1.93. The molecule has 0 aliphatic heterocycles. The van der Waals surface area contributed by atoms with Crippen LogP contribution in [0.1, 0.15) is 30.9 Å². The Kier molecular flexibility index (Phi) is 4.13. The third kappa shape index (κ3) is 3.02. The van der Waals surface area contributed by atoms with Crippen molar-refractivity contribution in [2.24, 2.45) is 0 Å². The second kappa shape index (κ2) is 5.82. The lowest BCUT2D eigenvalue weighted by Crippen LogP contribution is -2.00. The average molecular weight is 272 g/mol. The number of rotatable bonds is 4. The zero-order valence-corrected chi connectivity index (χ0v) is 12.3. The number of hydrogen-bond acceptors (Lipinski definition) is 4. The van der Waals surface area contributed by atoms with Crippen LogP contribution in [-0.2, 0) is 0 Å². The molecular formula is C16H20N2O2. The molecule has 0 saturated carbocycles. The van der Waals surface area contributed by atoms with Crippen molar-refractivity contribution < 1.29 is 9.47 Å². The number of nitrogens with zero attached hydrogens (tertiary/aromatic N) is 1. The highest BCUT2D eigenvalue weighted by molar-refractivity contribution is 5.55. The van der Waals surface area contributed by atoms with E-state index < -0.39 is 0 Å². The molecule has 0 spiro atoms. The number of nitrogen functional groups attached to an aromatic ring is 1. The maximum atomic E-state index is 5.98. The van der Waals surface area contributed by atoms with Gasteiger partial charge in [0.15, 0.2) is 0 Å². The minimum Gasteiger partial charge on any atom is -0.481 e. The molecule has 4 heteroatoms. The van der Waals surface area contributed by atoms with Gasteiger partial charge in [-0.05, 0) is 36.1 Å². The van der Waals surface area contributed by atoms with E-state index in [2.05, 4.69) is 18.8 Å². The maximum Gasteiger partial charge on any atom is 0.222 e. The molecule has 1 heterocycles. The first kappa shape index (κ1) is 14.2. The second-order valence-corrected chi connectivity index (χ2v) is 5.02. The van der Waals surface area contributed by atoms with Gasteiger partial charge in [0, 0.05) is 17.8 Å². The van der Waals surface area contributed by atoms with E-state index >= 15 is 0 Å². The smallest absolute Gasteiger partial charge is 0.222 e. The molecule has 0 atom stereocenters. The van der Waals surface area contributed by atoms with Crippen molar-refractivity contribution >= 4 is 5.69 Å². The number of benzene rings is 1. The van der Waals surface area contributed by atoms with Crippen LogP contribution in [0.5, 0.6) is 17.5 Å². The molecule has 2 aromatic rings. The minimum atomic E-state index is 0.318. The number of hydrogen-bond donors (Lipinski definition) is 1. The molecular weight excluding hydrogens is 252 g/mol. The number of ether oxygens (including phenoxy) is 2. The highest BCUT2D eigenvalue weighted by Crippen LogP contribution is 2.33. The third-order valence-electron chi connectivity index (χ3n) is 3.14. The van der Waals surface area contributed by atoms with Crippen molar-refractivity contribution in [3.63, 3.8) is 0 Å². The Morgan fingerprint density at radius 1 is 1.15 bits per heavy atom. The Hall–Kier alpha value is -2.23. The molecule has 1 aromatic carbocycles. The van der Waals surface area contributed by atoms with Crippen molar-refractivity contribution in [1.82, 2.24) is 4.98 Å². The fraction of sp³-hybridized carbons (Fsp3) is 0.312. The van der Waals surface area contributed by atoms with Crippen molar-refractivity contribution in [3.8, 4) is 17.5 Å². The molecule has 0 amide bonds. The van der Waals surface area contributed by atoms with Gasteiger partial charge >= 0.3 is 0 Å². The number of aromatic nitrogens is 1. The number of nitrogens with two attached hydrogens (primary N) is 1. The summed E-state index contributed by atoms with van der Waals surface area (Å²) in [5.74, 6) is 2.14. The SMILES string of the molecule is COc1cccc(Oc2cc(C)c(N)cc2C(C)C)n1. The van der Waals surface area contributed by atoms with E-state index in [1.54, 1.807) is 19.2 Å². The summed E-state index contributed by atoms with van der Waals surface area (Å²) in [6.45, 7) is 6.18. The second-order valence-electron chi connectivity index (χ2n) is 5.02. The Bertz CT molecular complexity index is 609. The van der Waals surface area contributed by atoms with E-state index in [0.717, 1.165) is 22.6 Å². The van der Waals surface area contributed by atoms with Gasteiger partial charge in [-0.2, -0.15) is 4.98 Å². The van der Waals surface area contributed by atoms with E-state index in [9.17, 15) is 0 Å². The van der Waals surface area contributed by atoms with Crippen LogP contribution in [0, 0.1) is 6.92 Å². The summed E-state index contributed by atoms with van der Waals surface area (Å²) >= 11 is 0. The van der Waals surface area contributed by atoms with Crippen LogP contribution >= 0.6 is 0 Å². The standard InChI is InChI=1S/C16H20N2O2/c1-10(2)12-9-13(17)11(3)8-14(12)20-16-7-5-6-15(18-16)19-4/h5-10H,17H2,1-4H3. The Morgan fingerprint density at radius 3 is 2.50 bits per heavy atom. The van der Waals surface area contributed by atoms with Gasteiger partial charge in [-0.3, -0.25) is 0 Å². The predicted octanol–water partition coefficient (Wildman–Crippen LogP) is 3.90. The normalized spacial score (nSPS) is 10.7. The lowest BCUT2D eigenvalue weighted by molar-refractivity contribution is 0.382. The quantitative estimate of drug-likeness (QED) is 0.858. The van der Waals surface area contributed by atoms with Crippen molar-refractivity contribution in [2.45, 2.75) is 26.7 Å². The Labute approximate surface area is 119 Å². The number of pyridine rings is 1. The summed E-state index contributed by atoms with van der Waals surface area (Å²) in [6, 6.07) is 9.35. The molecule has 0 fully saturated rings. The molecule has 20 heavy (non-hydrogen) atoms. The topological polar surface area (TPSA) is 57.4 Å². The first-order chi connectivity index (χ1) is 9.51. The van der Waals surface area contributed by atoms with Crippen LogP contribution in [0.2, 0.25) is 0 Å². The molecule has 0 aliphatic rings. The van der Waals surface area contributed by atoms with E-state index in [1.165, 1.54) is 0 Å².